The molecule has 6 nitrogen and oxygen atoms in total. The van der Waals surface area contributed by atoms with Crippen molar-refractivity contribution in [2.45, 2.75) is 32.6 Å². The minimum atomic E-state index is -1.16. The van der Waals surface area contributed by atoms with Crippen LogP contribution < -0.4 is 16.1 Å². The molecule has 0 radical (unpaired) electrons. The van der Waals surface area contributed by atoms with Crippen molar-refractivity contribution in [3.05, 3.63) is 58.0 Å². The molecule has 3 aromatic rings. The molecule has 0 atom stereocenters. The number of aliphatic carboxylic acids is 1. The highest BCUT2D eigenvalue weighted by atomic mass is 19.1. The quantitative estimate of drug-likeness (QED) is 0.362. The lowest BCUT2D eigenvalue weighted by Gasteiger charge is -2.12. The molecule has 0 bridgehead atoms. The van der Waals surface area contributed by atoms with Crippen LogP contribution in [-0.4, -0.2) is 24.2 Å². The lowest BCUT2D eigenvalue weighted by molar-refractivity contribution is -0.134. The van der Waals surface area contributed by atoms with Gasteiger partial charge in [0, 0.05) is 24.2 Å². The van der Waals surface area contributed by atoms with Gasteiger partial charge in [-0.2, -0.15) is 0 Å². The van der Waals surface area contributed by atoms with Crippen LogP contribution in [0.25, 0.3) is 22.3 Å². The van der Waals surface area contributed by atoms with E-state index in [-0.39, 0.29) is 28.1 Å². The van der Waals surface area contributed by atoms with Crippen LogP contribution in [0.5, 0.6) is 0 Å². The fraction of sp³-hybridized carbons (Fsp3) is 0.304. The molecule has 2 aromatic carbocycles. The molecule has 0 aliphatic heterocycles. The Kier molecular flexibility index (Phi) is 7.40. The first kappa shape index (κ1) is 23.2. The number of carbonyl (C=O) groups is 1. The number of unbranched alkanes of at least 4 members (excludes halogenated alkanes) is 3. The van der Waals surface area contributed by atoms with Gasteiger partial charge in [0.1, 0.15) is 23.9 Å². The second-order valence-corrected chi connectivity index (χ2v) is 7.32. The number of carboxylic acids is 1. The molecule has 3 N–H and O–H groups in total. The van der Waals surface area contributed by atoms with Gasteiger partial charge in [-0.15, -0.1) is 0 Å². The Bertz CT molecular complexity index is 1190. The van der Waals surface area contributed by atoms with Crippen molar-refractivity contribution >= 4 is 28.3 Å². The molecule has 0 saturated heterocycles. The van der Waals surface area contributed by atoms with Gasteiger partial charge in [0.25, 0.3) is 0 Å². The average Bonchev–Trinajstić information content (AvgIpc) is 2.74. The normalized spacial score (nSPS) is 11.0. The number of carboxylic acid groups (broad SMARTS) is 1. The summed E-state index contributed by atoms with van der Waals surface area (Å²) in [5.74, 6) is -3.99. The third-order valence-corrected chi connectivity index (χ3v) is 4.92. The summed E-state index contributed by atoms with van der Waals surface area (Å²) < 4.78 is 48.7. The van der Waals surface area contributed by atoms with Gasteiger partial charge >= 0.3 is 5.97 Å². The summed E-state index contributed by atoms with van der Waals surface area (Å²) in [4.78, 5) is 23.4. The summed E-state index contributed by atoms with van der Waals surface area (Å²) in [6, 6.07) is 5.39. The van der Waals surface area contributed by atoms with E-state index < -0.39 is 41.0 Å². The fourth-order valence-corrected chi connectivity index (χ4v) is 3.33. The van der Waals surface area contributed by atoms with E-state index >= 15 is 0 Å². The Morgan fingerprint density at radius 3 is 2.47 bits per heavy atom. The van der Waals surface area contributed by atoms with E-state index in [0.717, 1.165) is 37.8 Å². The van der Waals surface area contributed by atoms with E-state index in [0.29, 0.717) is 12.6 Å². The van der Waals surface area contributed by atoms with Crippen LogP contribution in [0.2, 0.25) is 0 Å². The molecule has 32 heavy (non-hydrogen) atoms. The molecule has 170 valence electrons. The predicted octanol–water partition coefficient (Wildman–Crippen LogP) is 5.37. The smallest absolute Gasteiger partial charge is 0.322 e. The average molecular weight is 448 g/mol. The summed E-state index contributed by atoms with van der Waals surface area (Å²) in [5, 5.41) is 13.7. The van der Waals surface area contributed by atoms with E-state index in [1.54, 1.807) is 0 Å². The Hall–Kier alpha value is -3.49. The second kappa shape index (κ2) is 10.2. The van der Waals surface area contributed by atoms with Gasteiger partial charge in [0.15, 0.2) is 16.8 Å². The first-order valence-corrected chi connectivity index (χ1v) is 10.3. The van der Waals surface area contributed by atoms with E-state index in [2.05, 4.69) is 17.6 Å². The van der Waals surface area contributed by atoms with Gasteiger partial charge in [0.05, 0.1) is 16.8 Å². The lowest BCUT2D eigenvalue weighted by Crippen LogP contribution is -2.13. The largest absolute Gasteiger partial charge is 0.480 e. The summed E-state index contributed by atoms with van der Waals surface area (Å²) in [5.41, 5.74) is -1.15. The van der Waals surface area contributed by atoms with E-state index in [9.17, 15) is 22.8 Å². The number of hydrogen-bond donors (Lipinski definition) is 3. The van der Waals surface area contributed by atoms with Gasteiger partial charge < -0.3 is 20.2 Å². The zero-order valence-electron chi connectivity index (χ0n) is 17.4. The minimum Gasteiger partial charge on any atom is -0.480 e. The number of hydrogen-bond acceptors (Lipinski definition) is 5. The SMILES string of the molecule is CCCCCCNc1c(F)cc(F)c2oc(-c3ccc(NCC(=O)O)c(F)c3)cc(=O)c12. The Morgan fingerprint density at radius 1 is 1.00 bits per heavy atom. The van der Waals surface area contributed by atoms with Crippen molar-refractivity contribution in [2.75, 3.05) is 23.7 Å². The third-order valence-electron chi connectivity index (χ3n) is 4.92. The molecule has 3 rings (SSSR count). The molecular weight excluding hydrogens is 425 g/mol. The van der Waals surface area contributed by atoms with Crippen molar-refractivity contribution in [1.29, 1.82) is 0 Å². The van der Waals surface area contributed by atoms with Crippen LogP contribution in [0.15, 0.2) is 39.5 Å². The second-order valence-electron chi connectivity index (χ2n) is 7.32. The van der Waals surface area contributed by atoms with E-state index in [1.807, 2.05) is 0 Å². The Balaban J connectivity index is 1.97. The van der Waals surface area contributed by atoms with Crippen molar-refractivity contribution < 1.29 is 27.5 Å². The maximum Gasteiger partial charge on any atom is 0.322 e. The van der Waals surface area contributed by atoms with Crippen molar-refractivity contribution in [3.63, 3.8) is 0 Å². The summed E-state index contributed by atoms with van der Waals surface area (Å²) in [7, 11) is 0. The molecule has 0 amide bonds. The maximum atomic E-state index is 14.5. The van der Waals surface area contributed by atoms with E-state index in [1.165, 1.54) is 12.1 Å². The maximum absolute atomic E-state index is 14.5. The molecule has 0 fully saturated rings. The van der Waals surface area contributed by atoms with Gasteiger partial charge in [-0.3, -0.25) is 9.59 Å². The number of fused-ring (bicyclic) bond motifs is 1. The first-order chi connectivity index (χ1) is 15.3. The molecule has 9 heteroatoms. The number of rotatable bonds is 10. The van der Waals surface area contributed by atoms with Crippen molar-refractivity contribution in [3.8, 4) is 11.3 Å². The van der Waals surface area contributed by atoms with E-state index in [4.69, 9.17) is 9.52 Å². The topological polar surface area (TPSA) is 91.6 Å². The summed E-state index contributed by atoms with van der Waals surface area (Å²) in [6.07, 6.45) is 3.77. The van der Waals surface area contributed by atoms with Gasteiger partial charge in [-0.25, -0.2) is 13.2 Å². The van der Waals surface area contributed by atoms with Crippen LogP contribution in [0.1, 0.15) is 32.6 Å². The minimum absolute atomic E-state index is 0.0536. The van der Waals surface area contributed by atoms with Crippen LogP contribution >= 0.6 is 0 Å². The lowest BCUT2D eigenvalue weighted by atomic mass is 10.1. The van der Waals surface area contributed by atoms with Gasteiger partial charge in [0.2, 0.25) is 0 Å². The van der Waals surface area contributed by atoms with Gasteiger partial charge in [-0.1, -0.05) is 26.2 Å². The van der Waals surface area contributed by atoms with Crippen LogP contribution in [-0.2, 0) is 4.79 Å². The van der Waals surface area contributed by atoms with Crippen molar-refractivity contribution in [2.24, 2.45) is 0 Å². The Labute approximate surface area is 182 Å². The zero-order chi connectivity index (χ0) is 23.3. The molecule has 0 spiro atoms. The first-order valence-electron chi connectivity index (χ1n) is 10.3. The molecule has 0 unspecified atom stereocenters. The highest BCUT2D eigenvalue weighted by Crippen LogP contribution is 2.31. The number of nitrogens with one attached hydrogen (secondary N) is 2. The zero-order valence-corrected chi connectivity index (χ0v) is 17.4. The number of anilines is 2. The molecule has 1 heterocycles. The van der Waals surface area contributed by atoms with Gasteiger partial charge in [-0.05, 0) is 24.6 Å². The highest BCUT2D eigenvalue weighted by Gasteiger charge is 2.19. The van der Waals surface area contributed by atoms with Crippen molar-refractivity contribution in [1.82, 2.24) is 0 Å². The molecule has 0 saturated carbocycles. The summed E-state index contributed by atoms with van der Waals surface area (Å²) in [6.45, 7) is 2.00. The number of benzene rings is 2. The monoisotopic (exact) mass is 448 g/mol. The van der Waals surface area contributed by atoms with Crippen LogP contribution in [0.4, 0.5) is 24.5 Å². The fourth-order valence-electron chi connectivity index (χ4n) is 3.33. The summed E-state index contributed by atoms with van der Waals surface area (Å²) >= 11 is 0. The highest BCUT2D eigenvalue weighted by molar-refractivity contribution is 5.91. The predicted molar refractivity (Wildman–Crippen MR) is 117 cm³/mol. The Morgan fingerprint density at radius 2 is 1.78 bits per heavy atom. The molecule has 0 aliphatic rings. The third kappa shape index (κ3) is 5.22. The molecule has 1 aromatic heterocycles. The van der Waals surface area contributed by atoms with Crippen LogP contribution in [0, 0.1) is 17.5 Å². The standard InChI is InChI=1S/C23H23F3N2O4/c1-2-3-4-5-8-27-22-15(25)10-16(26)23-21(22)18(29)11-19(32-23)13-6-7-17(14(24)9-13)28-12-20(30)31/h6-7,9-11,27-28H,2-5,8,12H2,1H3,(H,30,31). The number of halogens is 3. The van der Waals surface area contributed by atoms with Crippen LogP contribution in [0.3, 0.4) is 0 Å². The molecular formula is C23H23F3N2O4. The molecule has 0 aliphatic carbocycles.